The zero-order valence-corrected chi connectivity index (χ0v) is 6.50. The Hall–Kier alpha value is -1.03. The third-order valence-corrected chi connectivity index (χ3v) is 1.60. The van der Waals surface area contributed by atoms with Gasteiger partial charge in [-0.05, 0) is 19.4 Å². The molecule has 0 aliphatic carbocycles. The highest BCUT2D eigenvalue weighted by Gasteiger charge is 2.18. The smallest absolute Gasteiger partial charge is 0.293 e. The van der Waals surface area contributed by atoms with Crippen LogP contribution in [0.4, 0.5) is 0 Å². The van der Waals surface area contributed by atoms with Gasteiger partial charge in [0, 0.05) is 5.57 Å². The predicted molar refractivity (Wildman–Crippen MR) is 40.9 cm³/mol. The molecule has 0 bridgehead atoms. The van der Waals surface area contributed by atoms with Crippen LogP contribution < -0.4 is 5.73 Å². The molecule has 1 heterocycles. The topological polar surface area (TPSA) is 67.8 Å². The molecule has 0 saturated heterocycles. The monoisotopic (exact) mass is 153 g/mol. The highest BCUT2D eigenvalue weighted by Crippen LogP contribution is 2.21. The maximum absolute atomic E-state index is 11.0. The van der Waals surface area contributed by atoms with Gasteiger partial charge in [-0.3, -0.25) is 4.79 Å². The standard InChI is InChI=1S/C7H11N3O/c1-2-6-5(3-4-8)7(11)10-9-6/h2-4,8H2,1H3. The molecule has 0 aromatic heterocycles. The molecule has 60 valence electrons. The summed E-state index contributed by atoms with van der Waals surface area (Å²) in [5, 5.41) is 7.18. The molecule has 0 spiro atoms. The Morgan fingerprint density at radius 1 is 1.45 bits per heavy atom. The van der Waals surface area contributed by atoms with E-state index < -0.39 is 0 Å². The van der Waals surface area contributed by atoms with Gasteiger partial charge in [0.15, 0.2) is 0 Å². The molecule has 4 nitrogen and oxygen atoms in total. The highest BCUT2D eigenvalue weighted by atomic mass is 16.2. The quantitative estimate of drug-likeness (QED) is 0.657. The van der Waals surface area contributed by atoms with Gasteiger partial charge in [0.2, 0.25) is 0 Å². The Kier molecular flexibility index (Phi) is 2.48. The van der Waals surface area contributed by atoms with Crippen molar-refractivity contribution in [2.24, 2.45) is 16.0 Å². The summed E-state index contributed by atoms with van der Waals surface area (Å²) >= 11 is 0. The predicted octanol–water partition coefficient (Wildman–Crippen LogP) is 0.992. The number of amides is 1. The van der Waals surface area contributed by atoms with Crippen molar-refractivity contribution < 1.29 is 4.79 Å². The minimum Gasteiger partial charge on any atom is -0.330 e. The Balaban J connectivity index is 2.79. The van der Waals surface area contributed by atoms with Gasteiger partial charge >= 0.3 is 0 Å². The van der Waals surface area contributed by atoms with Gasteiger partial charge in [-0.1, -0.05) is 6.92 Å². The Morgan fingerprint density at radius 2 is 2.18 bits per heavy atom. The lowest BCUT2D eigenvalue weighted by Crippen LogP contribution is -2.05. The summed E-state index contributed by atoms with van der Waals surface area (Å²) in [5.41, 5.74) is 6.80. The molecule has 1 aliphatic heterocycles. The van der Waals surface area contributed by atoms with Crippen LogP contribution in [0.15, 0.2) is 21.5 Å². The van der Waals surface area contributed by atoms with E-state index in [0.717, 1.165) is 12.1 Å². The van der Waals surface area contributed by atoms with Crippen LogP contribution in [0.5, 0.6) is 0 Å². The van der Waals surface area contributed by atoms with Gasteiger partial charge in [0.1, 0.15) is 0 Å². The minimum absolute atomic E-state index is 0.215. The van der Waals surface area contributed by atoms with E-state index in [9.17, 15) is 4.79 Å². The third-order valence-electron chi connectivity index (χ3n) is 1.60. The maximum Gasteiger partial charge on any atom is 0.293 e. The Labute approximate surface area is 65.2 Å². The zero-order valence-electron chi connectivity index (χ0n) is 6.50. The summed E-state index contributed by atoms with van der Waals surface area (Å²) in [7, 11) is 0. The summed E-state index contributed by atoms with van der Waals surface area (Å²) in [6.07, 6.45) is 1.35. The van der Waals surface area contributed by atoms with Crippen molar-refractivity contribution in [3.05, 3.63) is 11.3 Å². The number of nitrogens with zero attached hydrogens (tertiary/aromatic N) is 2. The lowest BCUT2D eigenvalue weighted by molar-refractivity contribution is -0.114. The number of allylic oxidation sites excluding steroid dienone is 1. The molecule has 0 radical (unpaired) electrons. The third kappa shape index (κ3) is 1.51. The van der Waals surface area contributed by atoms with Crippen molar-refractivity contribution in [1.82, 2.24) is 0 Å². The molecular weight excluding hydrogens is 142 g/mol. The van der Waals surface area contributed by atoms with Gasteiger partial charge in [0.05, 0.1) is 5.70 Å². The molecule has 1 aliphatic rings. The van der Waals surface area contributed by atoms with Crippen LogP contribution in [0.1, 0.15) is 19.8 Å². The van der Waals surface area contributed by atoms with Crippen molar-refractivity contribution >= 4 is 5.91 Å². The fourth-order valence-electron chi connectivity index (χ4n) is 1.03. The van der Waals surface area contributed by atoms with E-state index in [1.54, 1.807) is 0 Å². The second-order valence-electron chi connectivity index (χ2n) is 2.32. The van der Waals surface area contributed by atoms with E-state index in [1.807, 2.05) is 6.92 Å². The van der Waals surface area contributed by atoms with E-state index in [0.29, 0.717) is 18.5 Å². The summed E-state index contributed by atoms with van der Waals surface area (Å²) in [6.45, 7) is 2.43. The van der Waals surface area contributed by atoms with Gasteiger partial charge in [0.25, 0.3) is 5.91 Å². The number of hydrogen-bond donors (Lipinski definition) is 1. The van der Waals surface area contributed by atoms with Crippen molar-refractivity contribution in [3.63, 3.8) is 0 Å². The second kappa shape index (κ2) is 3.39. The fourth-order valence-corrected chi connectivity index (χ4v) is 1.03. The first-order valence-electron chi connectivity index (χ1n) is 3.67. The van der Waals surface area contributed by atoms with Crippen LogP contribution in [0.2, 0.25) is 0 Å². The molecule has 4 heteroatoms. The summed E-state index contributed by atoms with van der Waals surface area (Å²) in [5.74, 6) is -0.215. The molecule has 2 N–H and O–H groups in total. The largest absolute Gasteiger partial charge is 0.330 e. The number of carbonyl (C=O) groups is 1. The molecule has 0 saturated carbocycles. The lowest BCUT2D eigenvalue weighted by Gasteiger charge is -1.96. The molecule has 0 unspecified atom stereocenters. The van der Waals surface area contributed by atoms with Crippen molar-refractivity contribution in [2.75, 3.05) is 6.54 Å². The first-order valence-corrected chi connectivity index (χ1v) is 3.67. The minimum atomic E-state index is -0.215. The molecule has 1 amide bonds. The van der Waals surface area contributed by atoms with Crippen LogP contribution in [-0.2, 0) is 4.79 Å². The van der Waals surface area contributed by atoms with Gasteiger partial charge in [-0.25, -0.2) is 0 Å². The van der Waals surface area contributed by atoms with E-state index in [1.165, 1.54) is 0 Å². The van der Waals surface area contributed by atoms with Crippen LogP contribution in [0.25, 0.3) is 0 Å². The molecule has 0 atom stereocenters. The number of hydrogen-bond acceptors (Lipinski definition) is 3. The molecule has 0 fully saturated rings. The number of rotatable bonds is 3. The SMILES string of the molecule is CCC1=C(CCN)C(=O)N=N1. The van der Waals surface area contributed by atoms with Gasteiger partial charge < -0.3 is 5.73 Å². The average Bonchev–Trinajstić information content (AvgIpc) is 2.34. The Bertz CT molecular complexity index is 230. The maximum atomic E-state index is 11.0. The highest BCUT2D eigenvalue weighted by molar-refractivity contribution is 5.96. The van der Waals surface area contributed by atoms with Crippen molar-refractivity contribution in [2.45, 2.75) is 19.8 Å². The van der Waals surface area contributed by atoms with E-state index in [-0.39, 0.29) is 5.91 Å². The van der Waals surface area contributed by atoms with Crippen molar-refractivity contribution in [3.8, 4) is 0 Å². The summed E-state index contributed by atoms with van der Waals surface area (Å²) in [4.78, 5) is 11.0. The number of nitrogens with two attached hydrogens (primary N) is 1. The van der Waals surface area contributed by atoms with E-state index in [2.05, 4.69) is 10.2 Å². The van der Waals surface area contributed by atoms with Crippen LogP contribution in [0.3, 0.4) is 0 Å². The van der Waals surface area contributed by atoms with E-state index in [4.69, 9.17) is 5.73 Å². The van der Waals surface area contributed by atoms with Crippen LogP contribution >= 0.6 is 0 Å². The lowest BCUT2D eigenvalue weighted by atomic mass is 10.1. The second-order valence-corrected chi connectivity index (χ2v) is 2.32. The summed E-state index contributed by atoms with van der Waals surface area (Å²) in [6, 6.07) is 0. The Morgan fingerprint density at radius 3 is 2.73 bits per heavy atom. The van der Waals surface area contributed by atoms with Gasteiger partial charge in [-0.15, -0.1) is 5.11 Å². The van der Waals surface area contributed by atoms with Gasteiger partial charge in [-0.2, -0.15) is 5.11 Å². The summed E-state index contributed by atoms with van der Waals surface area (Å²) < 4.78 is 0. The molecule has 11 heavy (non-hydrogen) atoms. The number of carbonyl (C=O) groups excluding carboxylic acids is 1. The zero-order chi connectivity index (χ0) is 8.27. The van der Waals surface area contributed by atoms with E-state index >= 15 is 0 Å². The normalized spacial score (nSPS) is 16.7. The van der Waals surface area contributed by atoms with Crippen LogP contribution in [-0.4, -0.2) is 12.5 Å². The van der Waals surface area contributed by atoms with Crippen molar-refractivity contribution in [1.29, 1.82) is 0 Å². The number of azo groups is 1. The fraction of sp³-hybridized carbons (Fsp3) is 0.571. The molecule has 1 rings (SSSR count). The first-order chi connectivity index (χ1) is 5.29. The first kappa shape index (κ1) is 8.07. The molecular formula is C7H11N3O. The van der Waals surface area contributed by atoms with Crippen LogP contribution in [0, 0.1) is 0 Å². The average molecular weight is 153 g/mol. The molecule has 0 aromatic rings. The molecule has 0 aromatic carbocycles.